The molecule has 1 rings (SSSR count). The fourth-order valence-electron chi connectivity index (χ4n) is 1.22. The molecule has 0 aliphatic heterocycles. The zero-order valence-corrected chi connectivity index (χ0v) is 11.3. The van der Waals surface area contributed by atoms with Gasteiger partial charge in [-0.1, -0.05) is 11.8 Å². The summed E-state index contributed by atoms with van der Waals surface area (Å²) in [6.07, 6.45) is -1.48. The fraction of sp³-hybridized carbons (Fsp3) is 0.455. The van der Waals surface area contributed by atoms with Crippen LogP contribution in [0.1, 0.15) is 16.3 Å². The van der Waals surface area contributed by atoms with Crippen molar-refractivity contribution in [1.82, 2.24) is 5.32 Å². The van der Waals surface area contributed by atoms with Crippen LogP contribution in [0.3, 0.4) is 0 Å². The Bertz CT molecular complexity index is 465. The first-order valence-electron chi connectivity index (χ1n) is 5.46. The maximum absolute atomic E-state index is 12.0. The highest BCUT2D eigenvalue weighted by atomic mass is 32.2. The van der Waals surface area contributed by atoms with Crippen LogP contribution >= 0.6 is 11.8 Å². The molecule has 0 spiro atoms. The van der Waals surface area contributed by atoms with Gasteiger partial charge in [-0.25, -0.2) is 4.79 Å². The molecule has 0 aliphatic carbocycles. The Morgan fingerprint density at radius 1 is 1.50 bits per heavy atom. The molecule has 0 aliphatic rings. The average molecular weight is 309 g/mol. The molecule has 0 fully saturated rings. The third-order valence-corrected chi connectivity index (χ3v) is 2.87. The maximum atomic E-state index is 12.0. The normalized spacial score (nSPS) is 12.2. The lowest BCUT2D eigenvalue weighted by atomic mass is 10.3. The molecule has 1 aromatic heterocycles. The molecule has 1 atom stereocenters. The van der Waals surface area contributed by atoms with Gasteiger partial charge in [0.2, 0.25) is 0 Å². The number of furan rings is 1. The third kappa shape index (κ3) is 5.17. The van der Waals surface area contributed by atoms with Crippen LogP contribution in [0.4, 0.5) is 8.78 Å². The van der Waals surface area contributed by atoms with E-state index in [0.29, 0.717) is 11.8 Å². The summed E-state index contributed by atoms with van der Waals surface area (Å²) in [6.45, 7) is -0.340. The zero-order valence-electron chi connectivity index (χ0n) is 10.5. The Morgan fingerprint density at radius 3 is 2.80 bits per heavy atom. The molecule has 1 heterocycles. The number of nitrogens with one attached hydrogen (secondary N) is 1. The first kappa shape index (κ1) is 16.4. The molecule has 1 amide bonds. The van der Waals surface area contributed by atoms with E-state index in [2.05, 4.69) is 10.1 Å². The number of carbonyl (C=O) groups is 2. The van der Waals surface area contributed by atoms with Crippen molar-refractivity contribution in [3.63, 3.8) is 0 Å². The monoisotopic (exact) mass is 309 g/mol. The lowest BCUT2D eigenvalue weighted by Crippen LogP contribution is -2.37. The van der Waals surface area contributed by atoms with E-state index < -0.39 is 23.7 Å². The Hall–Kier alpha value is -1.61. The molecule has 112 valence electrons. The van der Waals surface area contributed by atoms with Crippen LogP contribution in [0, 0.1) is 0 Å². The van der Waals surface area contributed by atoms with Crippen LogP contribution in [0.25, 0.3) is 0 Å². The van der Waals surface area contributed by atoms with Crippen molar-refractivity contribution in [2.45, 2.75) is 17.6 Å². The third-order valence-electron chi connectivity index (χ3n) is 2.17. The number of aliphatic hydroxyl groups excluding tert-OH is 1. The van der Waals surface area contributed by atoms with Crippen LogP contribution in [0.2, 0.25) is 0 Å². The van der Waals surface area contributed by atoms with Gasteiger partial charge in [-0.05, 0) is 12.1 Å². The zero-order chi connectivity index (χ0) is 15.1. The number of ether oxygens (including phenoxy) is 1. The molecule has 1 unspecified atom stereocenters. The second-order valence-electron chi connectivity index (χ2n) is 3.59. The smallest absolute Gasteiger partial charge is 0.336 e. The van der Waals surface area contributed by atoms with Gasteiger partial charge in [0.25, 0.3) is 11.7 Å². The summed E-state index contributed by atoms with van der Waals surface area (Å²) in [7, 11) is 1.10. The van der Waals surface area contributed by atoms with Crippen molar-refractivity contribution in [2.24, 2.45) is 0 Å². The minimum Gasteiger partial charge on any atom is -0.467 e. The molecule has 0 saturated heterocycles. The van der Waals surface area contributed by atoms with E-state index in [9.17, 15) is 23.5 Å². The molecule has 0 bridgehead atoms. The molecule has 6 nitrogen and oxygen atoms in total. The highest BCUT2D eigenvalue weighted by Gasteiger charge is 2.18. The quantitative estimate of drug-likeness (QED) is 0.731. The van der Waals surface area contributed by atoms with Crippen molar-refractivity contribution in [3.05, 3.63) is 23.7 Å². The number of thioether (sulfide) groups is 1. The van der Waals surface area contributed by atoms with E-state index >= 15 is 0 Å². The highest BCUT2D eigenvalue weighted by molar-refractivity contribution is 7.98. The maximum Gasteiger partial charge on any atom is 0.336 e. The Balaban J connectivity index is 2.46. The van der Waals surface area contributed by atoms with Crippen LogP contribution < -0.4 is 5.32 Å². The van der Waals surface area contributed by atoms with E-state index in [4.69, 9.17) is 4.42 Å². The molecule has 1 aromatic rings. The lowest BCUT2D eigenvalue weighted by molar-refractivity contribution is -0.149. The Morgan fingerprint density at radius 2 is 2.20 bits per heavy atom. The number of halogens is 2. The van der Waals surface area contributed by atoms with Crippen molar-refractivity contribution in [2.75, 3.05) is 13.7 Å². The van der Waals surface area contributed by atoms with Crippen molar-refractivity contribution in [1.29, 1.82) is 0 Å². The van der Waals surface area contributed by atoms with Crippen LogP contribution in [-0.2, 0) is 15.3 Å². The van der Waals surface area contributed by atoms with Crippen LogP contribution in [0.5, 0.6) is 0 Å². The van der Waals surface area contributed by atoms with Gasteiger partial charge in [0, 0.05) is 0 Å². The summed E-state index contributed by atoms with van der Waals surface area (Å²) < 4.78 is 33.3. The Kier molecular flexibility index (Phi) is 6.46. The molecule has 0 radical (unpaired) electrons. The lowest BCUT2D eigenvalue weighted by Gasteiger charge is -2.08. The molecule has 9 heteroatoms. The van der Waals surface area contributed by atoms with Gasteiger partial charge >= 0.3 is 5.97 Å². The van der Waals surface area contributed by atoms with Gasteiger partial charge in [0.15, 0.2) is 11.9 Å². The predicted molar refractivity (Wildman–Crippen MR) is 66.4 cm³/mol. The number of amides is 1. The summed E-state index contributed by atoms with van der Waals surface area (Å²) in [5.74, 6) is -3.98. The summed E-state index contributed by atoms with van der Waals surface area (Å²) in [4.78, 5) is 22.5. The summed E-state index contributed by atoms with van der Waals surface area (Å²) in [6, 6.07) is 2.72. The second kappa shape index (κ2) is 7.85. The first-order valence-corrected chi connectivity index (χ1v) is 6.51. The van der Waals surface area contributed by atoms with E-state index in [1.54, 1.807) is 0 Å². The topological polar surface area (TPSA) is 88.8 Å². The molecule has 2 N–H and O–H groups in total. The summed E-state index contributed by atoms with van der Waals surface area (Å²) in [5.41, 5.74) is 0. The SMILES string of the molecule is COC(=O)C(O)CNC(=O)c1ccc(CSC(F)F)o1. The highest BCUT2D eigenvalue weighted by Crippen LogP contribution is 2.21. The van der Waals surface area contributed by atoms with Gasteiger partial charge < -0.3 is 19.6 Å². The average Bonchev–Trinajstić information content (AvgIpc) is 2.90. The number of hydrogen-bond acceptors (Lipinski definition) is 6. The summed E-state index contributed by atoms with van der Waals surface area (Å²) >= 11 is 0.375. The van der Waals surface area contributed by atoms with E-state index in [-0.39, 0.29) is 23.8 Å². The number of rotatable bonds is 7. The minimum absolute atomic E-state index is 0.0598. The number of alkyl halides is 2. The van der Waals surface area contributed by atoms with Gasteiger partial charge in [-0.3, -0.25) is 4.79 Å². The summed E-state index contributed by atoms with van der Waals surface area (Å²) in [5, 5.41) is 11.5. The van der Waals surface area contributed by atoms with Gasteiger partial charge in [-0.2, -0.15) is 8.78 Å². The van der Waals surface area contributed by atoms with Crippen molar-refractivity contribution >= 4 is 23.6 Å². The van der Waals surface area contributed by atoms with Gasteiger partial charge in [0.1, 0.15) is 5.76 Å². The number of aliphatic hydroxyl groups is 1. The molecule has 20 heavy (non-hydrogen) atoms. The van der Waals surface area contributed by atoms with Crippen LogP contribution in [0.15, 0.2) is 16.5 Å². The minimum atomic E-state index is -2.52. The standard InChI is InChI=1S/C11H13F2NO5S/c1-18-10(17)7(15)4-14-9(16)8-3-2-6(19-8)5-20-11(12)13/h2-3,7,11,15H,4-5H2,1H3,(H,14,16). The van der Waals surface area contributed by atoms with Crippen molar-refractivity contribution < 1.29 is 32.6 Å². The van der Waals surface area contributed by atoms with E-state index in [1.807, 2.05) is 0 Å². The molecule has 0 aromatic carbocycles. The number of methoxy groups -OCH3 is 1. The fourth-order valence-corrected chi connectivity index (χ4v) is 1.66. The van der Waals surface area contributed by atoms with E-state index in [0.717, 1.165) is 7.11 Å². The van der Waals surface area contributed by atoms with Gasteiger partial charge in [0.05, 0.1) is 19.4 Å². The Labute approximate surface area is 117 Å². The van der Waals surface area contributed by atoms with Crippen molar-refractivity contribution in [3.8, 4) is 0 Å². The molecular weight excluding hydrogens is 296 g/mol. The van der Waals surface area contributed by atoms with Crippen LogP contribution in [-0.4, -0.2) is 42.5 Å². The number of esters is 1. The largest absolute Gasteiger partial charge is 0.467 e. The number of hydrogen-bond donors (Lipinski definition) is 2. The number of carbonyl (C=O) groups excluding carboxylic acids is 2. The van der Waals surface area contributed by atoms with Gasteiger partial charge in [-0.15, -0.1) is 0 Å². The molecular formula is C11H13F2NO5S. The first-order chi connectivity index (χ1) is 9.43. The second-order valence-corrected chi connectivity index (χ2v) is 4.56. The molecule has 0 saturated carbocycles. The predicted octanol–water partition coefficient (Wildman–Crippen LogP) is 0.999. The van der Waals surface area contributed by atoms with E-state index in [1.165, 1.54) is 12.1 Å².